The Balaban J connectivity index is 1.81. The summed E-state index contributed by atoms with van der Waals surface area (Å²) in [5, 5.41) is 0.389. The van der Waals surface area contributed by atoms with Crippen LogP contribution >= 0.6 is 11.6 Å². The highest BCUT2D eigenvalue weighted by Crippen LogP contribution is 2.54. The molecule has 2 aromatic heterocycles. The van der Waals surface area contributed by atoms with E-state index in [0.717, 1.165) is 44.0 Å². The van der Waals surface area contributed by atoms with Crippen molar-refractivity contribution in [3.05, 3.63) is 41.1 Å². The lowest BCUT2D eigenvalue weighted by molar-refractivity contribution is 0.00778. The van der Waals surface area contributed by atoms with E-state index in [1.165, 1.54) is 6.20 Å². The SMILES string of the molecule is CC(F)(F)c1nccc(N2CC3(CCC3)c3cnc(Cl)cc32)n1. The molecule has 0 bridgehead atoms. The Morgan fingerprint density at radius 1 is 1.30 bits per heavy atom. The molecule has 2 aliphatic rings. The fourth-order valence-corrected chi connectivity index (χ4v) is 3.62. The highest BCUT2D eigenvalue weighted by molar-refractivity contribution is 6.29. The van der Waals surface area contributed by atoms with Crippen molar-refractivity contribution in [1.29, 1.82) is 0 Å². The van der Waals surface area contributed by atoms with E-state index in [2.05, 4.69) is 15.0 Å². The number of pyridine rings is 1. The molecule has 1 aliphatic heterocycles. The summed E-state index contributed by atoms with van der Waals surface area (Å²) in [5.41, 5.74) is 2.09. The highest BCUT2D eigenvalue weighted by atomic mass is 35.5. The average Bonchev–Trinajstić information content (AvgIpc) is 2.81. The first-order valence-corrected chi connectivity index (χ1v) is 7.92. The molecular formula is C16H15ClF2N4. The Morgan fingerprint density at radius 2 is 2.09 bits per heavy atom. The maximum atomic E-state index is 13.5. The normalized spacial score (nSPS) is 18.9. The molecule has 23 heavy (non-hydrogen) atoms. The summed E-state index contributed by atoms with van der Waals surface area (Å²) >= 11 is 6.04. The molecule has 0 radical (unpaired) electrons. The molecule has 1 aliphatic carbocycles. The molecule has 120 valence electrons. The number of hydrogen-bond acceptors (Lipinski definition) is 4. The molecule has 0 atom stereocenters. The second-order valence-corrected chi connectivity index (χ2v) is 6.76. The Hall–Kier alpha value is -1.82. The predicted molar refractivity (Wildman–Crippen MR) is 83.4 cm³/mol. The summed E-state index contributed by atoms with van der Waals surface area (Å²) in [6.45, 7) is 1.52. The van der Waals surface area contributed by atoms with Crippen molar-refractivity contribution in [1.82, 2.24) is 15.0 Å². The van der Waals surface area contributed by atoms with Gasteiger partial charge in [-0.25, -0.2) is 15.0 Å². The summed E-state index contributed by atoms with van der Waals surface area (Å²) in [7, 11) is 0. The molecule has 7 heteroatoms. The Bertz CT molecular complexity index is 771. The van der Waals surface area contributed by atoms with Gasteiger partial charge in [0.05, 0.1) is 5.69 Å². The summed E-state index contributed by atoms with van der Waals surface area (Å²) in [6.07, 6.45) is 6.50. The molecular weight excluding hydrogens is 322 g/mol. The van der Waals surface area contributed by atoms with Gasteiger partial charge in [-0.2, -0.15) is 8.78 Å². The quantitative estimate of drug-likeness (QED) is 0.770. The molecule has 3 heterocycles. The van der Waals surface area contributed by atoms with Gasteiger partial charge in [0, 0.05) is 36.8 Å². The van der Waals surface area contributed by atoms with Crippen LogP contribution in [0.4, 0.5) is 20.3 Å². The van der Waals surface area contributed by atoms with Crippen molar-refractivity contribution >= 4 is 23.1 Å². The molecule has 4 nitrogen and oxygen atoms in total. The van der Waals surface area contributed by atoms with Crippen LogP contribution in [-0.2, 0) is 11.3 Å². The zero-order chi connectivity index (χ0) is 16.2. The maximum absolute atomic E-state index is 13.5. The first-order valence-electron chi connectivity index (χ1n) is 7.54. The largest absolute Gasteiger partial charge is 0.325 e. The van der Waals surface area contributed by atoms with Crippen molar-refractivity contribution in [3.63, 3.8) is 0 Å². The molecule has 0 N–H and O–H groups in total. The van der Waals surface area contributed by atoms with E-state index in [9.17, 15) is 8.78 Å². The van der Waals surface area contributed by atoms with Crippen LogP contribution < -0.4 is 4.90 Å². The zero-order valence-electron chi connectivity index (χ0n) is 12.6. The lowest BCUT2D eigenvalue weighted by Gasteiger charge is -2.38. The van der Waals surface area contributed by atoms with Crippen LogP contribution in [0, 0.1) is 0 Å². The lowest BCUT2D eigenvalue weighted by Crippen LogP contribution is -2.38. The second kappa shape index (κ2) is 4.84. The van der Waals surface area contributed by atoms with Gasteiger partial charge in [-0.3, -0.25) is 0 Å². The minimum Gasteiger partial charge on any atom is -0.325 e. The van der Waals surface area contributed by atoms with Crippen LogP contribution in [0.5, 0.6) is 0 Å². The maximum Gasteiger partial charge on any atom is 0.303 e. The monoisotopic (exact) mass is 336 g/mol. The Morgan fingerprint density at radius 3 is 2.74 bits per heavy atom. The van der Waals surface area contributed by atoms with Crippen LogP contribution in [0.15, 0.2) is 24.5 Å². The van der Waals surface area contributed by atoms with Crippen LogP contribution in [0.1, 0.15) is 37.6 Å². The van der Waals surface area contributed by atoms with Crippen molar-refractivity contribution in [2.45, 2.75) is 37.5 Å². The molecule has 1 saturated carbocycles. The van der Waals surface area contributed by atoms with Gasteiger partial charge < -0.3 is 4.90 Å². The molecule has 0 saturated heterocycles. The van der Waals surface area contributed by atoms with Gasteiger partial charge in [0.25, 0.3) is 0 Å². The van der Waals surface area contributed by atoms with E-state index in [1.807, 2.05) is 11.1 Å². The van der Waals surface area contributed by atoms with Gasteiger partial charge in [-0.05, 0) is 25.0 Å². The van der Waals surface area contributed by atoms with E-state index in [1.54, 1.807) is 12.1 Å². The number of nitrogens with zero attached hydrogens (tertiary/aromatic N) is 4. The molecule has 4 rings (SSSR count). The van der Waals surface area contributed by atoms with E-state index in [0.29, 0.717) is 11.0 Å². The van der Waals surface area contributed by atoms with Crippen molar-refractivity contribution < 1.29 is 8.78 Å². The first-order chi connectivity index (χ1) is 10.9. The molecule has 1 spiro atoms. The van der Waals surface area contributed by atoms with Crippen molar-refractivity contribution in [2.75, 3.05) is 11.4 Å². The van der Waals surface area contributed by atoms with Crippen LogP contribution in [0.2, 0.25) is 5.15 Å². The van der Waals surface area contributed by atoms with Gasteiger partial charge in [0.15, 0.2) is 0 Å². The van der Waals surface area contributed by atoms with E-state index in [-0.39, 0.29) is 5.41 Å². The minimum atomic E-state index is -3.07. The van der Waals surface area contributed by atoms with Gasteiger partial charge in [-0.15, -0.1) is 0 Å². The number of halogens is 3. The summed E-state index contributed by atoms with van der Waals surface area (Å²) in [5.74, 6) is -3.06. The molecule has 0 aromatic carbocycles. The Labute approximate surface area is 137 Å². The fourth-order valence-electron chi connectivity index (χ4n) is 3.47. The topological polar surface area (TPSA) is 41.9 Å². The number of alkyl halides is 2. The number of aromatic nitrogens is 3. The van der Waals surface area contributed by atoms with Crippen LogP contribution in [0.25, 0.3) is 0 Å². The second-order valence-electron chi connectivity index (χ2n) is 6.37. The first kappa shape index (κ1) is 14.8. The number of anilines is 2. The third-order valence-corrected chi connectivity index (χ3v) is 5.00. The smallest absolute Gasteiger partial charge is 0.303 e. The van der Waals surface area contributed by atoms with Crippen LogP contribution in [0.3, 0.4) is 0 Å². The predicted octanol–water partition coefficient (Wildman–Crippen LogP) is 4.21. The zero-order valence-corrected chi connectivity index (χ0v) is 13.3. The fraction of sp³-hybridized carbons (Fsp3) is 0.438. The number of fused-ring (bicyclic) bond motifs is 2. The minimum absolute atomic E-state index is 0.0484. The van der Waals surface area contributed by atoms with Gasteiger partial charge in [-0.1, -0.05) is 18.0 Å². The number of hydrogen-bond donors (Lipinski definition) is 0. The molecule has 1 fully saturated rings. The van der Waals surface area contributed by atoms with E-state index >= 15 is 0 Å². The van der Waals surface area contributed by atoms with Crippen molar-refractivity contribution in [3.8, 4) is 0 Å². The van der Waals surface area contributed by atoms with Gasteiger partial charge >= 0.3 is 5.92 Å². The molecule has 2 aromatic rings. The molecule has 0 unspecified atom stereocenters. The van der Waals surface area contributed by atoms with E-state index < -0.39 is 11.7 Å². The highest BCUT2D eigenvalue weighted by Gasteiger charge is 2.48. The van der Waals surface area contributed by atoms with Crippen LogP contribution in [-0.4, -0.2) is 21.5 Å². The summed E-state index contributed by atoms with van der Waals surface area (Å²) < 4.78 is 27.1. The molecule has 0 amide bonds. The lowest BCUT2D eigenvalue weighted by atomic mass is 9.66. The third-order valence-electron chi connectivity index (χ3n) is 4.79. The number of rotatable bonds is 2. The Kier molecular flexibility index (Phi) is 3.10. The third kappa shape index (κ3) is 2.27. The van der Waals surface area contributed by atoms with Gasteiger partial charge in [0.1, 0.15) is 11.0 Å². The van der Waals surface area contributed by atoms with Crippen molar-refractivity contribution in [2.24, 2.45) is 0 Å². The summed E-state index contributed by atoms with van der Waals surface area (Å²) in [4.78, 5) is 13.9. The summed E-state index contributed by atoms with van der Waals surface area (Å²) in [6, 6.07) is 3.45. The average molecular weight is 337 g/mol. The standard InChI is InChI=1S/C16H15ClF2N4/c1-15(18,19)14-20-6-3-13(22-14)23-9-16(4-2-5-16)10-8-21-12(17)7-11(10)23/h3,6-8H,2,4-5,9H2,1H3. The van der Waals surface area contributed by atoms with Gasteiger partial charge in [0.2, 0.25) is 5.82 Å². The van der Waals surface area contributed by atoms with E-state index in [4.69, 9.17) is 11.6 Å².